The first-order valence-corrected chi connectivity index (χ1v) is 13.0. The van der Waals surface area contributed by atoms with E-state index in [2.05, 4.69) is 20.2 Å². The molecular weight excluding hydrogens is 522 g/mol. The highest BCUT2D eigenvalue weighted by Crippen LogP contribution is 2.36. The lowest BCUT2D eigenvalue weighted by atomic mass is 9.81. The van der Waals surface area contributed by atoms with Gasteiger partial charge in [-0.2, -0.15) is 13.2 Å². The molecule has 6 nitrogen and oxygen atoms in total. The Kier molecular flexibility index (Phi) is 8.62. The van der Waals surface area contributed by atoms with E-state index in [0.29, 0.717) is 51.7 Å². The first-order valence-electron chi connectivity index (χ1n) is 12.1. The average Bonchev–Trinajstić information content (AvgIpc) is 3.15. The van der Waals surface area contributed by atoms with Gasteiger partial charge in [0.2, 0.25) is 0 Å². The highest BCUT2D eigenvalue weighted by Gasteiger charge is 2.36. The molecule has 1 saturated carbocycles. The van der Waals surface area contributed by atoms with Crippen LogP contribution in [0.5, 0.6) is 5.19 Å². The number of nitrogens with zero attached hydrogens (tertiary/aromatic N) is 3. The summed E-state index contributed by atoms with van der Waals surface area (Å²) in [4.78, 5) is 23.3. The average molecular weight is 551 g/mol. The van der Waals surface area contributed by atoms with Crippen molar-refractivity contribution < 1.29 is 35.9 Å². The lowest BCUT2D eigenvalue weighted by molar-refractivity contribution is -0.153. The number of pyridine rings is 1. The van der Waals surface area contributed by atoms with E-state index in [4.69, 9.17) is 4.74 Å². The number of carbonyl (C=O) groups is 1. The fourth-order valence-electron chi connectivity index (χ4n) is 4.75. The molecule has 2 aromatic rings. The zero-order valence-corrected chi connectivity index (χ0v) is 20.8. The third-order valence-corrected chi connectivity index (χ3v) is 7.89. The van der Waals surface area contributed by atoms with Gasteiger partial charge in [-0.1, -0.05) is 11.3 Å². The molecule has 0 saturated heterocycles. The van der Waals surface area contributed by atoms with Gasteiger partial charge < -0.3 is 15.0 Å². The molecule has 0 radical (unpaired) electrons. The van der Waals surface area contributed by atoms with Gasteiger partial charge in [0, 0.05) is 43.2 Å². The molecule has 0 unspecified atom stereocenters. The standard InChI is InChI=1S/C24H28F6N4O2S/c25-20(26)19-16(2-1-10-31-19)21(35)32-15-3-7-23(27,8-4-15)9-13-34-11-5-17-18(6-12-34)37-22(33-17)36-14-24(28,29)30/h1-2,10,15,20H,3-9,11-14H2,(H,32,35). The van der Waals surface area contributed by atoms with Gasteiger partial charge in [-0.3, -0.25) is 9.78 Å². The fraction of sp³-hybridized carbons (Fsp3) is 0.625. The first kappa shape index (κ1) is 27.6. The summed E-state index contributed by atoms with van der Waals surface area (Å²) in [6, 6.07) is 2.43. The van der Waals surface area contributed by atoms with E-state index < -0.39 is 36.5 Å². The van der Waals surface area contributed by atoms with Gasteiger partial charge in [-0.15, -0.1) is 0 Å². The first-order chi connectivity index (χ1) is 17.5. The summed E-state index contributed by atoms with van der Waals surface area (Å²) in [5.74, 6) is -0.627. The number of nitrogens with one attached hydrogen (secondary N) is 1. The molecule has 204 valence electrons. The fourth-order valence-corrected chi connectivity index (χ4v) is 5.69. The van der Waals surface area contributed by atoms with E-state index in [0.717, 1.165) is 21.9 Å². The highest BCUT2D eigenvalue weighted by atomic mass is 32.1. The predicted octanol–water partition coefficient (Wildman–Crippen LogP) is 5.29. The van der Waals surface area contributed by atoms with Crippen molar-refractivity contribution in [2.75, 3.05) is 26.2 Å². The van der Waals surface area contributed by atoms with Crippen molar-refractivity contribution in [1.29, 1.82) is 0 Å². The third-order valence-electron chi connectivity index (χ3n) is 6.82. The summed E-state index contributed by atoms with van der Waals surface area (Å²) in [6.07, 6.45) is -3.23. The number of halogens is 6. The molecule has 1 aliphatic heterocycles. The van der Waals surface area contributed by atoms with Gasteiger partial charge in [-0.25, -0.2) is 18.2 Å². The second kappa shape index (κ2) is 11.5. The summed E-state index contributed by atoms with van der Waals surface area (Å²) in [7, 11) is 0. The van der Waals surface area contributed by atoms with Crippen LogP contribution in [0, 0.1) is 0 Å². The topological polar surface area (TPSA) is 67.4 Å². The Balaban J connectivity index is 1.21. The number of alkyl halides is 6. The lowest BCUT2D eigenvalue weighted by Crippen LogP contribution is -2.43. The molecule has 1 amide bonds. The van der Waals surface area contributed by atoms with Crippen LogP contribution < -0.4 is 10.1 Å². The van der Waals surface area contributed by atoms with Crippen molar-refractivity contribution in [3.63, 3.8) is 0 Å². The van der Waals surface area contributed by atoms with Crippen molar-refractivity contribution in [2.24, 2.45) is 0 Å². The van der Waals surface area contributed by atoms with Crippen LogP contribution in [0.1, 0.15) is 65.2 Å². The van der Waals surface area contributed by atoms with Crippen LogP contribution in [0.25, 0.3) is 0 Å². The molecule has 4 rings (SSSR count). The maximum absolute atomic E-state index is 15.5. The number of ether oxygens (including phenoxy) is 1. The largest absolute Gasteiger partial charge is 0.460 e. The Morgan fingerprint density at radius 3 is 2.68 bits per heavy atom. The van der Waals surface area contributed by atoms with E-state index >= 15 is 4.39 Å². The summed E-state index contributed by atoms with van der Waals surface area (Å²) in [5.41, 5.74) is -1.38. The Morgan fingerprint density at radius 1 is 1.24 bits per heavy atom. The van der Waals surface area contributed by atoms with Crippen molar-refractivity contribution in [3.8, 4) is 5.19 Å². The van der Waals surface area contributed by atoms with Crippen LogP contribution in [-0.2, 0) is 12.8 Å². The van der Waals surface area contributed by atoms with Gasteiger partial charge in [0.25, 0.3) is 17.5 Å². The normalized spacial score (nSPS) is 22.9. The van der Waals surface area contributed by atoms with E-state index in [1.54, 1.807) is 0 Å². The van der Waals surface area contributed by atoms with E-state index in [1.165, 1.54) is 18.3 Å². The number of carbonyl (C=O) groups excluding carboxylic acids is 1. The molecule has 0 spiro atoms. The molecule has 37 heavy (non-hydrogen) atoms. The summed E-state index contributed by atoms with van der Waals surface area (Å²) in [5, 5.41) is 2.77. The molecule has 0 atom stereocenters. The smallest absolute Gasteiger partial charge is 0.422 e. The number of aromatic nitrogens is 2. The second-order valence-corrected chi connectivity index (χ2v) is 10.5. The lowest BCUT2D eigenvalue weighted by Gasteiger charge is -2.35. The maximum atomic E-state index is 15.5. The van der Waals surface area contributed by atoms with Crippen LogP contribution in [0.4, 0.5) is 26.3 Å². The molecule has 13 heteroatoms. The predicted molar refractivity (Wildman–Crippen MR) is 125 cm³/mol. The van der Waals surface area contributed by atoms with Crippen LogP contribution in [-0.4, -0.2) is 64.9 Å². The number of hydrogen-bond donors (Lipinski definition) is 1. The van der Waals surface area contributed by atoms with Crippen molar-refractivity contribution >= 4 is 17.2 Å². The van der Waals surface area contributed by atoms with Crippen LogP contribution in [0.15, 0.2) is 18.3 Å². The van der Waals surface area contributed by atoms with Crippen molar-refractivity contribution in [2.45, 2.75) is 69.3 Å². The molecule has 0 bridgehead atoms. The molecular formula is C24H28F6N4O2S. The molecule has 1 aliphatic carbocycles. The molecule has 0 aromatic carbocycles. The van der Waals surface area contributed by atoms with E-state index in [9.17, 15) is 26.7 Å². The Labute approximate surface area is 214 Å². The second-order valence-electron chi connectivity index (χ2n) is 9.48. The van der Waals surface area contributed by atoms with Crippen LogP contribution in [0.2, 0.25) is 0 Å². The van der Waals surface area contributed by atoms with Crippen LogP contribution in [0.3, 0.4) is 0 Å². The highest BCUT2D eigenvalue weighted by molar-refractivity contribution is 7.13. The van der Waals surface area contributed by atoms with Crippen molar-refractivity contribution in [3.05, 3.63) is 40.2 Å². The van der Waals surface area contributed by atoms with E-state index in [-0.39, 0.29) is 29.6 Å². The van der Waals surface area contributed by atoms with Crippen molar-refractivity contribution in [1.82, 2.24) is 20.2 Å². The number of fused-ring (bicyclic) bond motifs is 1. The summed E-state index contributed by atoms with van der Waals surface area (Å²) >= 11 is 1.13. The number of rotatable bonds is 8. The minimum atomic E-state index is -4.41. The summed E-state index contributed by atoms with van der Waals surface area (Å²) in [6.45, 7) is 0.449. The van der Waals surface area contributed by atoms with Gasteiger partial charge in [0.05, 0.1) is 11.3 Å². The monoisotopic (exact) mass is 550 g/mol. The SMILES string of the molecule is O=C(NC1CCC(F)(CCN2CCc3nc(OCC(F)(F)F)sc3CC2)CC1)c1cccnc1C(F)F. The van der Waals surface area contributed by atoms with Gasteiger partial charge >= 0.3 is 6.18 Å². The third kappa shape index (κ3) is 7.56. The minimum Gasteiger partial charge on any atom is -0.460 e. The molecule has 1 fully saturated rings. The Hall–Kier alpha value is -2.41. The zero-order valence-electron chi connectivity index (χ0n) is 20.0. The quantitative estimate of drug-likeness (QED) is 0.453. The number of thiazole rings is 1. The Morgan fingerprint density at radius 2 is 1.97 bits per heavy atom. The van der Waals surface area contributed by atoms with E-state index in [1.807, 2.05) is 0 Å². The molecule has 3 heterocycles. The maximum Gasteiger partial charge on any atom is 0.422 e. The zero-order chi connectivity index (χ0) is 26.6. The number of amides is 1. The number of hydrogen-bond acceptors (Lipinski definition) is 6. The van der Waals surface area contributed by atoms with Gasteiger partial charge in [0.15, 0.2) is 6.61 Å². The Bertz CT molecular complexity index is 1050. The molecule has 1 N–H and O–H groups in total. The summed E-state index contributed by atoms with van der Waals surface area (Å²) < 4.78 is 83.6. The van der Waals surface area contributed by atoms with Gasteiger partial charge in [-0.05, 0) is 50.7 Å². The molecule has 2 aliphatic rings. The van der Waals surface area contributed by atoms with Crippen LogP contribution >= 0.6 is 11.3 Å². The van der Waals surface area contributed by atoms with Gasteiger partial charge in [0.1, 0.15) is 11.4 Å². The minimum absolute atomic E-state index is 0.0243. The molecule has 2 aromatic heterocycles.